The van der Waals surface area contributed by atoms with Gasteiger partial charge in [0, 0.05) is 19.1 Å². The summed E-state index contributed by atoms with van der Waals surface area (Å²) in [6, 6.07) is 12.9. The molecule has 0 radical (unpaired) electrons. The lowest BCUT2D eigenvalue weighted by molar-refractivity contribution is 0.544. The smallest absolute Gasteiger partial charge is 0.0214 e. The monoisotopic (exact) mass is 260 g/mol. The van der Waals surface area contributed by atoms with Gasteiger partial charge in [-0.15, -0.1) is 0 Å². The van der Waals surface area contributed by atoms with Gasteiger partial charge in [0.25, 0.3) is 0 Å². The van der Waals surface area contributed by atoms with Crippen LogP contribution in [0.25, 0.3) is 0 Å². The summed E-state index contributed by atoms with van der Waals surface area (Å²) in [5.74, 6) is 0. The van der Waals surface area contributed by atoms with Gasteiger partial charge in [-0.2, -0.15) is 11.3 Å². The first-order chi connectivity index (χ1) is 8.84. The molecule has 3 heteroatoms. The summed E-state index contributed by atoms with van der Waals surface area (Å²) in [6.45, 7) is 1.80. The van der Waals surface area contributed by atoms with E-state index in [0.717, 1.165) is 25.9 Å². The fourth-order valence-corrected chi connectivity index (χ4v) is 2.56. The topological polar surface area (TPSA) is 38.0 Å². The number of hydrogen-bond donors (Lipinski definition) is 2. The minimum Gasteiger partial charge on any atom is -0.327 e. The van der Waals surface area contributed by atoms with Gasteiger partial charge in [0.1, 0.15) is 0 Å². The lowest BCUT2D eigenvalue weighted by atomic mass is 10.1. The van der Waals surface area contributed by atoms with Crippen LogP contribution in [0.5, 0.6) is 0 Å². The van der Waals surface area contributed by atoms with Crippen LogP contribution in [0.4, 0.5) is 0 Å². The minimum atomic E-state index is 0.226. The van der Waals surface area contributed by atoms with Crippen molar-refractivity contribution in [2.45, 2.75) is 25.4 Å². The number of aryl methyl sites for hydroxylation is 1. The molecule has 0 bridgehead atoms. The van der Waals surface area contributed by atoms with E-state index in [1.165, 1.54) is 11.1 Å². The Hall–Kier alpha value is -1.16. The van der Waals surface area contributed by atoms with Gasteiger partial charge in [-0.3, -0.25) is 0 Å². The van der Waals surface area contributed by atoms with Crippen molar-refractivity contribution in [1.29, 1.82) is 0 Å². The molecule has 1 atom stereocenters. The van der Waals surface area contributed by atoms with Gasteiger partial charge < -0.3 is 11.1 Å². The van der Waals surface area contributed by atoms with E-state index in [-0.39, 0.29) is 6.04 Å². The van der Waals surface area contributed by atoms with Crippen LogP contribution in [-0.4, -0.2) is 12.6 Å². The maximum atomic E-state index is 6.10. The lowest BCUT2D eigenvalue weighted by Gasteiger charge is -2.12. The predicted octanol–water partition coefficient (Wildman–Crippen LogP) is 2.80. The highest BCUT2D eigenvalue weighted by Gasteiger charge is 2.03. The van der Waals surface area contributed by atoms with Crippen LogP contribution >= 0.6 is 11.3 Å². The Bertz CT molecular complexity index is 425. The van der Waals surface area contributed by atoms with Crippen molar-refractivity contribution in [2.75, 3.05) is 6.54 Å². The maximum absolute atomic E-state index is 6.10. The zero-order valence-corrected chi connectivity index (χ0v) is 11.3. The zero-order chi connectivity index (χ0) is 12.6. The summed E-state index contributed by atoms with van der Waals surface area (Å²) in [5, 5.41) is 7.68. The number of hydrogen-bond acceptors (Lipinski definition) is 3. The van der Waals surface area contributed by atoms with Crippen LogP contribution in [0.15, 0.2) is 47.2 Å². The molecule has 1 aromatic heterocycles. The standard InChI is InChI=1S/C15H20N2S/c16-15(7-6-13-4-2-1-3-5-13)11-17-10-14-8-9-18-12-14/h1-5,8-9,12,15,17H,6-7,10-11,16H2. The molecule has 1 heterocycles. The van der Waals surface area contributed by atoms with Crippen molar-refractivity contribution in [3.05, 3.63) is 58.3 Å². The van der Waals surface area contributed by atoms with Crippen LogP contribution in [0.3, 0.4) is 0 Å². The van der Waals surface area contributed by atoms with Gasteiger partial charge in [-0.05, 0) is 40.8 Å². The fraction of sp³-hybridized carbons (Fsp3) is 0.333. The summed E-state index contributed by atoms with van der Waals surface area (Å²) in [5.41, 5.74) is 8.81. The molecule has 2 nitrogen and oxygen atoms in total. The van der Waals surface area contributed by atoms with Crippen LogP contribution in [0.2, 0.25) is 0 Å². The van der Waals surface area contributed by atoms with Crippen molar-refractivity contribution in [1.82, 2.24) is 5.32 Å². The van der Waals surface area contributed by atoms with E-state index < -0.39 is 0 Å². The summed E-state index contributed by atoms with van der Waals surface area (Å²) in [4.78, 5) is 0. The third-order valence-electron chi connectivity index (χ3n) is 2.96. The maximum Gasteiger partial charge on any atom is 0.0214 e. The quantitative estimate of drug-likeness (QED) is 0.803. The molecule has 1 unspecified atom stereocenters. The van der Waals surface area contributed by atoms with Gasteiger partial charge in [-0.1, -0.05) is 30.3 Å². The number of nitrogens with two attached hydrogens (primary N) is 1. The van der Waals surface area contributed by atoms with E-state index >= 15 is 0 Å². The van der Waals surface area contributed by atoms with Gasteiger partial charge in [0.15, 0.2) is 0 Å². The number of benzene rings is 1. The average molecular weight is 260 g/mol. The molecule has 0 aliphatic heterocycles. The van der Waals surface area contributed by atoms with Crippen molar-refractivity contribution in [3.63, 3.8) is 0 Å². The second kappa shape index (κ2) is 7.31. The van der Waals surface area contributed by atoms with E-state index in [4.69, 9.17) is 5.73 Å². The van der Waals surface area contributed by atoms with Gasteiger partial charge in [-0.25, -0.2) is 0 Å². The molecular formula is C15H20N2S. The largest absolute Gasteiger partial charge is 0.327 e. The Morgan fingerprint density at radius 3 is 2.67 bits per heavy atom. The molecule has 96 valence electrons. The minimum absolute atomic E-state index is 0.226. The average Bonchev–Trinajstić information content (AvgIpc) is 2.91. The highest BCUT2D eigenvalue weighted by Crippen LogP contribution is 2.06. The molecule has 2 rings (SSSR count). The molecule has 0 spiro atoms. The number of thiophene rings is 1. The fourth-order valence-electron chi connectivity index (χ4n) is 1.89. The third-order valence-corrected chi connectivity index (χ3v) is 3.69. The van der Waals surface area contributed by atoms with E-state index in [1.54, 1.807) is 11.3 Å². The molecule has 2 aromatic rings. The molecule has 0 fully saturated rings. The third kappa shape index (κ3) is 4.61. The van der Waals surface area contributed by atoms with E-state index in [0.29, 0.717) is 0 Å². The first-order valence-electron chi connectivity index (χ1n) is 6.36. The van der Waals surface area contributed by atoms with Crippen LogP contribution in [0.1, 0.15) is 17.5 Å². The Balaban J connectivity index is 1.62. The summed E-state index contributed by atoms with van der Waals surface area (Å²) >= 11 is 1.73. The van der Waals surface area contributed by atoms with E-state index in [9.17, 15) is 0 Å². The molecule has 3 N–H and O–H groups in total. The summed E-state index contributed by atoms with van der Waals surface area (Å²) < 4.78 is 0. The Morgan fingerprint density at radius 1 is 1.11 bits per heavy atom. The molecule has 0 aliphatic carbocycles. The molecule has 0 saturated heterocycles. The van der Waals surface area contributed by atoms with Gasteiger partial charge in [0.2, 0.25) is 0 Å². The predicted molar refractivity (Wildman–Crippen MR) is 78.8 cm³/mol. The van der Waals surface area contributed by atoms with Gasteiger partial charge >= 0.3 is 0 Å². The van der Waals surface area contributed by atoms with E-state index in [2.05, 4.69) is 46.4 Å². The van der Waals surface area contributed by atoms with Crippen LogP contribution in [-0.2, 0) is 13.0 Å². The molecular weight excluding hydrogens is 240 g/mol. The zero-order valence-electron chi connectivity index (χ0n) is 10.5. The van der Waals surface area contributed by atoms with E-state index in [1.807, 2.05) is 6.07 Å². The Morgan fingerprint density at radius 2 is 1.94 bits per heavy atom. The second-order valence-corrected chi connectivity index (χ2v) is 5.33. The SMILES string of the molecule is NC(CCc1ccccc1)CNCc1ccsc1. The molecule has 0 amide bonds. The van der Waals surface area contributed by atoms with Crippen LogP contribution < -0.4 is 11.1 Å². The molecule has 0 saturated carbocycles. The second-order valence-electron chi connectivity index (χ2n) is 4.55. The number of nitrogens with one attached hydrogen (secondary N) is 1. The summed E-state index contributed by atoms with van der Waals surface area (Å²) in [7, 11) is 0. The molecule has 18 heavy (non-hydrogen) atoms. The van der Waals surface area contributed by atoms with Crippen LogP contribution in [0, 0.1) is 0 Å². The van der Waals surface area contributed by atoms with Crippen molar-refractivity contribution in [2.24, 2.45) is 5.73 Å². The van der Waals surface area contributed by atoms with Crippen molar-refractivity contribution >= 4 is 11.3 Å². The molecule has 0 aliphatic rings. The summed E-state index contributed by atoms with van der Waals surface area (Å²) in [6.07, 6.45) is 2.09. The highest BCUT2D eigenvalue weighted by molar-refractivity contribution is 7.07. The van der Waals surface area contributed by atoms with Crippen molar-refractivity contribution < 1.29 is 0 Å². The van der Waals surface area contributed by atoms with Gasteiger partial charge in [0.05, 0.1) is 0 Å². The first kappa shape index (κ1) is 13.3. The Kier molecular flexibility index (Phi) is 5.39. The Labute approximate surface area is 113 Å². The highest BCUT2D eigenvalue weighted by atomic mass is 32.1. The first-order valence-corrected chi connectivity index (χ1v) is 7.30. The molecule has 1 aromatic carbocycles. The lowest BCUT2D eigenvalue weighted by Crippen LogP contribution is -2.33. The normalized spacial score (nSPS) is 12.5. The number of rotatable bonds is 7. The van der Waals surface area contributed by atoms with Crippen molar-refractivity contribution in [3.8, 4) is 0 Å².